The number of nitrogens with one attached hydrogen (secondary N) is 1. The maximum absolute atomic E-state index is 12.8. The van der Waals surface area contributed by atoms with Crippen molar-refractivity contribution in [3.05, 3.63) is 52.5 Å². The molecule has 102 valence electrons. The molecule has 0 amide bonds. The molecule has 2 rings (SSSR count). The van der Waals surface area contributed by atoms with Crippen molar-refractivity contribution in [2.75, 3.05) is 0 Å². The van der Waals surface area contributed by atoms with Gasteiger partial charge in [0, 0.05) is 6.04 Å². The molecule has 1 unspecified atom stereocenters. The van der Waals surface area contributed by atoms with Gasteiger partial charge < -0.3 is 0 Å². The van der Waals surface area contributed by atoms with Crippen molar-refractivity contribution in [2.24, 2.45) is 0 Å². The van der Waals surface area contributed by atoms with Gasteiger partial charge in [0.1, 0.15) is 5.82 Å². The zero-order valence-corrected chi connectivity index (χ0v) is 12.0. The van der Waals surface area contributed by atoms with E-state index in [1.54, 1.807) is 18.3 Å². The van der Waals surface area contributed by atoms with Gasteiger partial charge in [0.15, 0.2) is 0 Å². The Labute approximate surface area is 116 Å². The van der Waals surface area contributed by atoms with Crippen LogP contribution in [0.25, 0.3) is 0 Å². The SMILES string of the molecule is CC(Cc1ccsc1)NS(=O)(=O)c1ccc(F)cc1. The average molecular weight is 299 g/mol. The molecule has 3 nitrogen and oxygen atoms in total. The lowest BCUT2D eigenvalue weighted by Gasteiger charge is -2.13. The van der Waals surface area contributed by atoms with Crippen LogP contribution < -0.4 is 4.72 Å². The van der Waals surface area contributed by atoms with Gasteiger partial charge >= 0.3 is 0 Å². The zero-order chi connectivity index (χ0) is 13.9. The summed E-state index contributed by atoms with van der Waals surface area (Å²) < 4.78 is 39.5. The fourth-order valence-corrected chi connectivity index (χ4v) is 3.68. The first-order valence-electron chi connectivity index (χ1n) is 5.76. The van der Waals surface area contributed by atoms with Crippen LogP contribution in [0.4, 0.5) is 4.39 Å². The maximum Gasteiger partial charge on any atom is 0.240 e. The summed E-state index contributed by atoms with van der Waals surface area (Å²) in [4.78, 5) is 0.0751. The Morgan fingerprint density at radius 2 is 1.95 bits per heavy atom. The zero-order valence-electron chi connectivity index (χ0n) is 10.3. The molecule has 1 heterocycles. The Kier molecular flexibility index (Phi) is 4.34. The summed E-state index contributed by atoms with van der Waals surface area (Å²) in [6, 6.07) is 6.54. The molecule has 1 atom stereocenters. The lowest BCUT2D eigenvalue weighted by molar-refractivity contribution is 0.559. The standard InChI is InChI=1S/C13H14FNO2S2/c1-10(8-11-6-7-18-9-11)15-19(16,17)13-4-2-12(14)3-5-13/h2-7,9-10,15H,8H2,1H3. The van der Waals surface area contributed by atoms with Crippen molar-refractivity contribution < 1.29 is 12.8 Å². The number of rotatable bonds is 5. The van der Waals surface area contributed by atoms with Gasteiger partial charge in [0.25, 0.3) is 0 Å². The normalized spacial score (nSPS) is 13.4. The highest BCUT2D eigenvalue weighted by molar-refractivity contribution is 7.89. The smallest absolute Gasteiger partial charge is 0.208 e. The van der Waals surface area contributed by atoms with Crippen molar-refractivity contribution in [1.29, 1.82) is 0 Å². The molecule has 0 spiro atoms. The van der Waals surface area contributed by atoms with Crippen molar-refractivity contribution in [2.45, 2.75) is 24.3 Å². The van der Waals surface area contributed by atoms with Crippen LogP contribution in [-0.4, -0.2) is 14.5 Å². The molecular formula is C13H14FNO2S2. The van der Waals surface area contributed by atoms with E-state index in [2.05, 4.69) is 4.72 Å². The average Bonchev–Trinajstić information content (AvgIpc) is 2.81. The van der Waals surface area contributed by atoms with E-state index in [-0.39, 0.29) is 10.9 Å². The van der Waals surface area contributed by atoms with E-state index in [4.69, 9.17) is 0 Å². The highest BCUT2D eigenvalue weighted by Crippen LogP contribution is 2.13. The van der Waals surface area contributed by atoms with Crippen LogP contribution in [0.2, 0.25) is 0 Å². The van der Waals surface area contributed by atoms with Crippen LogP contribution in [0.15, 0.2) is 46.0 Å². The molecule has 0 fully saturated rings. The van der Waals surface area contributed by atoms with E-state index in [1.165, 1.54) is 12.1 Å². The summed E-state index contributed by atoms with van der Waals surface area (Å²) in [5.41, 5.74) is 1.10. The monoisotopic (exact) mass is 299 g/mol. The topological polar surface area (TPSA) is 46.2 Å². The van der Waals surface area contributed by atoms with E-state index < -0.39 is 15.8 Å². The van der Waals surface area contributed by atoms with Gasteiger partial charge in [0.05, 0.1) is 4.90 Å². The third-order valence-electron chi connectivity index (χ3n) is 2.60. The third kappa shape index (κ3) is 3.86. The molecule has 1 aromatic heterocycles. The second-order valence-electron chi connectivity index (χ2n) is 4.31. The van der Waals surface area contributed by atoms with E-state index in [0.717, 1.165) is 17.7 Å². The van der Waals surface area contributed by atoms with E-state index in [1.807, 2.05) is 16.8 Å². The molecule has 0 saturated heterocycles. The van der Waals surface area contributed by atoms with Crippen molar-refractivity contribution in [3.8, 4) is 0 Å². The van der Waals surface area contributed by atoms with Crippen molar-refractivity contribution in [3.63, 3.8) is 0 Å². The summed E-state index contributed by atoms with van der Waals surface area (Å²) in [5, 5.41) is 3.94. The molecule has 0 saturated carbocycles. The van der Waals surface area contributed by atoms with Crippen LogP contribution >= 0.6 is 11.3 Å². The highest BCUT2D eigenvalue weighted by atomic mass is 32.2. The molecule has 6 heteroatoms. The van der Waals surface area contributed by atoms with Gasteiger partial charge in [0.2, 0.25) is 10.0 Å². The van der Waals surface area contributed by atoms with Crippen LogP contribution in [0.1, 0.15) is 12.5 Å². The van der Waals surface area contributed by atoms with Crippen LogP contribution in [-0.2, 0) is 16.4 Å². The summed E-state index contributed by atoms with van der Waals surface area (Å²) in [7, 11) is -3.59. The molecule has 1 N–H and O–H groups in total. The number of halogens is 1. The first-order valence-corrected chi connectivity index (χ1v) is 8.19. The van der Waals surface area contributed by atoms with Crippen molar-refractivity contribution >= 4 is 21.4 Å². The van der Waals surface area contributed by atoms with E-state index in [0.29, 0.717) is 6.42 Å². The summed E-state index contributed by atoms with van der Waals surface area (Å²) in [6.07, 6.45) is 0.629. The Hall–Kier alpha value is -1.24. The minimum atomic E-state index is -3.59. The molecule has 1 aromatic carbocycles. The predicted octanol–water partition coefficient (Wildman–Crippen LogP) is 2.80. The van der Waals surface area contributed by atoms with Gasteiger partial charge in [-0.2, -0.15) is 11.3 Å². The van der Waals surface area contributed by atoms with Crippen LogP contribution in [0, 0.1) is 5.82 Å². The lowest BCUT2D eigenvalue weighted by Crippen LogP contribution is -2.34. The first kappa shape index (κ1) is 14.2. The van der Waals surface area contributed by atoms with Gasteiger partial charge in [-0.1, -0.05) is 0 Å². The van der Waals surface area contributed by atoms with Gasteiger partial charge in [-0.05, 0) is 60.0 Å². The summed E-state index contributed by atoms with van der Waals surface area (Å²) >= 11 is 1.58. The minimum absolute atomic E-state index is 0.0751. The Morgan fingerprint density at radius 1 is 1.26 bits per heavy atom. The number of sulfonamides is 1. The number of thiophene rings is 1. The quantitative estimate of drug-likeness (QED) is 0.923. The van der Waals surface area contributed by atoms with Crippen LogP contribution in [0.3, 0.4) is 0 Å². The molecule has 0 radical (unpaired) electrons. The Bertz CT molecular complexity index is 621. The first-order chi connectivity index (χ1) is 8.97. The number of hydrogen-bond acceptors (Lipinski definition) is 3. The number of hydrogen-bond donors (Lipinski definition) is 1. The minimum Gasteiger partial charge on any atom is -0.208 e. The fourth-order valence-electron chi connectivity index (χ4n) is 1.75. The molecule has 2 aromatic rings. The fraction of sp³-hybridized carbons (Fsp3) is 0.231. The molecule has 0 aliphatic heterocycles. The second kappa shape index (κ2) is 5.81. The second-order valence-corrected chi connectivity index (χ2v) is 6.81. The lowest BCUT2D eigenvalue weighted by atomic mass is 10.1. The van der Waals surface area contributed by atoms with Gasteiger partial charge in [-0.25, -0.2) is 17.5 Å². The highest BCUT2D eigenvalue weighted by Gasteiger charge is 2.17. The molecular weight excluding hydrogens is 285 g/mol. The molecule has 0 aliphatic rings. The largest absolute Gasteiger partial charge is 0.240 e. The molecule has 0 bridgehead atoms. The Balaban J connectivity index is 2.06. The summed E-state index contributed by atoms with van der Waals surface area (Å²) in [5.74, 6) is -0.453. The van der Waals surface area contributed by atoms with Gasteiger partial charge in [-0.15, -0.1) is 0 Å². The third-order valence-corrected chi connectivity index (χ3v) is 4.94. The van der Waals surface area contributed by atoms with E-state index in [9.17, 15) is 12.8 Å². The molecule has 0 aliphatic carbocycles. The van der Waals surface area contributed by atoms with Crippen LogP contribution in [0.5, 0.6) is 0 Å². The van der Waals surface area contributed by atoms with Crippen molar-refractivity contribution in [1.82, 2.24) is 4.72 Å². The van der Waals surface area contributed by atoms with E-state index >= 15 is 0 Å². The van der Waals surface area contributed by atoms with Gasteiger partial charge in [-0.3, -0.25) is 0 Å². The maximum atomic E-state index is 12.8. The number of benzene rings is 1. The summed E-state index contributed by atoms with van der Waals surface area (Å²) in [6.45, 7) is 1.80. The predicted molar refractivity (Wildman–Crippen MR) is 74.2 cm³/mol. The Morgan fingerprint density at radius 3 is 2.53 bits per heavy atom. The molecule has 19 heavy (non-hydrogen) atoms.